The zero-order valence-corrected chi connectivity index (χ0v) is 11.7. The second-order valence-electron chi connectivity index (χ2n) is 5.24. The number of rotatable bonds is 1. The lowest BCUT2D eigenvalue weighted by molar-refractivity contribution is 0.559. The molecule has 5 nitrogen and oxygen atoms in total. The van der Waals surface area contributed by atoms with E-state index in [0.29, 0.717) is 16.7 Å². The smallest absolute Gasteiger partial charge is 0.178 e. The van der Waals surface area contributed by atoms with Gasteiger partial charge in [-0.05, 0) is 19.1 Å². The molecule has 0 fully saturated rings. The predicted molar refractivity (Wildman–Crippen MR) is 72.0 cm³/mol. The fourth-order valence-corrected chi connectivity index (χ4v) is 1.97. The molecule has 2 aromatic heterocycles. The van der Waals surface area contributed by atoms with Crippen molar-refractivity contribution >= 4 is 17.4 Å². The summed E-state index contributed by atoms with van der Waals surface area (Å²) >= 11 is 6.22. The molecule has 2 heterocycles. The van der Waals surface area contributed by atoms with Crippen molar-refractivity contribution in [3.8, 4) is 5.82 Å². The van der Waals surface area contributed by atoms with Crippen LogP contribution in [-0.2, 0) is 5.41 Å². The average Bonchev–Trinajstić information content (AvgIpc) is 2.57. The number of anilines is 1. The van der Waals surface area contributed by atoms with Crippen molar-refractivity contribution in [1.82, 2.24) is 20.0 Å². The largest absolute Gasteiger partial charge is 0.382 e. The molecule has 0 saturated heterocycles. The fraction of sp³-hybridized carbons (Fsp3) is 0.417. The van der Waals surface area contributed by atoms with Gasteiger partial charge in [0.25, 0.3) is 0 Å². The molecule has 0 aliphatic heterocycles. The summed E-state index contributed by atoms with van der Waals surface area (Å²) in [5.74, 6) is 0.954. The van der Waals surface area contributed by atoms with Crippen molar-refractivity contribution in [3.63, 3.8) is 0 Å². The minimum atomic E-state index is -0.172. The molecule has 0 aliphatic rings. The Hall–Kier alpha value is -1.62. The van der Waals surface area contributed by atoms with E-state index in [0.717, 1.165) is 11.4 Å². The van der Waals surface area contributed by atoms with Gasteiger partial charge in [0.05, 0.1) is 11.4 Å². The van der Waals surface area contributed by atoms with Gasteiger partial charge in [-0.2, -0.15) is 14.9 Å². The van der Waals surface area contributed by atoms with Crippen molar-refractivity contribution in [3.05, 3.63) is 28.5 Å². The third kappa shape index (κ3) is 2.18. The van der Waals surface area contributed by atoms with Crippen LogP contribution in [0.2, 0.25) is 5.02 Å². The Bertz CT molecular complexity index is 565. The van der Waals surface area contributed by atoms with Crippen LogP contribution in [0, 0.1) is 6.92 Å². The number of aryl methyl sites for hydroxylation is 1. The number of nitrogens with zero attached hydrogens (tertiary/aromatic N) is 4. The molecule has 0 atom stereocenters. The monoisotopic (exact) mass is 265 g/mol. The lowest BCUT2D eigenvalue weighted by atomic mass is 9.92. The topological polar surface area (TPSA) is 69.6 Å². The number of nitrogen functional groups attached to an aromatic ring is 1. The maximum atomic E-state index is 6.22. The highest BCUT2D eigenvalue weighted by atomic mass is 35.5. The first-order valence-corrected chi connectivity index (χ1v) is 6.03. The molecule has 96 valence electrons. The maximum absolute atomic E-state index is 6.22. The van der Waals surface area contributed by atoms with Crippen molar-refractivity contribution in [2.75, 3.05) is 5.73 Å². The molecule has 2 rings (SSSR count). The Kier molecular flexibility index (Phi) is 3.02. The Morgan fingerprint density at radius 1 is 1.22 bits per heavy atom. The summed E-state index contributed by atoms with van der Waals surface area (Å²) in [5.41, 5.74) is 7.39. The van der Waals surface area contributed by atoms with Crippen LogP contribution in [0.15, 0.2) is 12.1 Å². The standard InChI is InChI=1S/C12H16ClN5/c1-7-5-6-8(16-15-7)18-11(14)9(13)10(17-18)12(2,3)4/h5-6H,14H2,1-4H3. The molecule has 2 aromatic rings. The Balaban J connectivity index is 2.56. The molecule has 0 spiro atoms. The summed E-state index contributed by atoms with van der Waals surface area (Å²) in [5, 5.41) is 13.0. The van der Waals surface area contributed by atoms with Gasteiger partial charge < -0.3 is 5.73 Å². The molecule has 2 N–H and O–H groups in total. The molecule has 0 radical (unpaired) electrons. The summed E-state index contributed by atoms with van der Waals surface area (Å²) in [7, 11) is 0. The summed E-state index contributed by atoms with van der Waals surface area (Å²) in [4.78, 5) is 0. The minimum absolute atomic E-state index is 0.172. The van der Waals surface area contributed by atoms with Gasteiger partial charge in [0.15, 0.2) is 5.82 Å². The molecule has 0 aromatic carbocycles. The molecule has 0 aliphatic carbocycles. The quantitative estimate of drug-likeness (QED) is 0.860. The van der Waals surface area contributed by atoms with Crippen LogP contribution >= 0.6 is 11.6 Å². The van der Waals surface area contributed by atoms with Crippen LogP contribution in [0.5, 0.6) is 0 Å². The van der Waals surface area contributed by atoms with E-state index in [-0.39, 0.29) is 5.41 Å². The van der Waals surface area contributed by atoms with Gasteiger partial charge in [0, 0.05) is 5.41 Å². The van der Waals surface area contributed by atoms with E-state index in [9.17, 15) is 0 Å². The van der Waals surface area contributed by atoms with Crippen LogP contribution < -0.4 is 5.73 Å². The highest BCUT2D eigenvalue weighted by Gasteiger charge is 2.25. The van der Waals surface area contributed by atoms with Gasteiger partial charge in [-0.25, -0.2) is 0 Å². The number of hydrogen-bond donors (Lipinski definition) is 1. The first-order valence-electron chi connectivity index (χ1n) is 5.66. The number of hydrogen-bond acceptors (Lipinski definition) is 4. The molecule has 6 heteroatoms. The highest BCUT2D eigenvalue weighted by Crippen LogP contribution is 2.33. The first-order chi connectivity index (χ1) is 8.30. The summed E-state index contributed by atoms with van der Waals surface area (Å²) in [6.07, 6.45) is 0. The van der Waals surface area contributed by atoms with E-state index in [1.165, 1.54) is 4.68 Å². The summed E-state index contributed by atoms with van der Waals surface area (Å²) in [6, 6.07) is 3.67. The highest BCUT2D eigenvalue weighted by molar-refractivity contribution is 6.33. The summed E-state index contributed by atoms with van der Waals surface area (Å²) < 4.78 is 1.52. The molecule has 0 saturated carbocycles. The van der Waals surface area contributed by atoms with Crippen molar-refractivity contribution in [1.29, 1.82) is 0 Å². The van der Waals surface area contributed by atoms with E-state index in [1.54, 1.807) is 0 Å². The Labute approximate surface area is 111 Å². The number of aromatic nitrogens is 4. The summed E-state index contributed by atoms with van der Waals surface area (Å²) in [6.45, 7) is 7.97. The van der Waals surface area contributed by atoms with E-state index >= 15 is 0 Å². The van der Waals surface area contributed by atoms with Crippen LogP contribution in [0.3, 0.4) is 0 Å². The van der Waals surface area contributed by atoms with Gasteiger partial charge in [-0.3, -0.25) is 0 Å². The normalized spacial score (nSPS) is 11.8. The predicted octanol–water partition coefficient (Wildman–Crippen LogP) is 2.50. The lowest BCUT2D eigenvalue weighted by Crippen LogP contribution is -2.13. The molecular formula is C12H16ClN5. The van der Waals surface area contributed by atoms with Crippen LogP contribution in [0.4, 0.5) is 5.82 Å². The van der Waals surface area contributed by atoms with Crippen molar-refractivity contribution in [2.45, 2.75) is 33.1 Å². The molecule has 0 unspecified atom stereocenters. The molecular weight excluding hydrogens is 250 g/mol. The maximum Gasteiger partial charge on any atom is 0.178 e. The fourth-order valence-electron chi connectivity index (χ4n) is 1.57. The minimum Gasteiger partial charge on any atom is -0.382 e. The molecule has 18 heavy (non-hydrogen) atoms. The first kappa shape index (κ1) is 12.8. The second kappa shape index (κ2) is 4.24. The van der Waals surface area contributed by atoms with E-state index in [1.807, 2.05) is 39.8 Å². The van der Waals surface area contributed by atoms with Crippen LogP contribution in [0.25, 0.3) is 5.82 Å². The van der Waals surface area contributed by atoms with Gasteiger partial charge in [0.2, 0.25) is 0 Å². The zero-order chi connectivity index (χ0) is 13.5. The molecule has 0 bridgehead atoms. The third-order valence-electron chi connectivity index (χ3n) is 2.57. The van der Waals surface area contributed by atoms with Crippen LogP contribution in [0.1, 0.15) is 32.2 Å². The van der Waals surface area contributed by atoms with Crippen molar-refractivity contribution in [2.24, 2.45) is 0 Å². The third-order valence-corrected chi connectivity index (χ3v) is 2.94. The van der Waals surface area contributed by atoms with Gasteiger partial charge in [0.1, 0.15) is 10.8 Å². The Morgan fingerprint density at radius 3 is 2.33 bits per heavy atom. The van der Waals surface area contributed by atoms with Gasteiger partial charge in [-0.1, -0.05) is 32.4 Å². The average molecular weight is 266 g/mol. The Morgan fingerprint density at radius 2 is 1.89 bits per heavy atom. The SMILES string of the molecule is Cc1ccc(-n2nc(C(C)(C)C)c(Cl)c2N)nn1. The lowest BCUT2D eigenvalue weighted by Gasteiger charge is -2.14. The number of nitrogens with two attached hydrogens (primary N) is 1. The van der Waals surface area contributed by atoms with E-state index < -0.39 is 0 Å². The second-order valence-corrected chi connectivity index (χ2v) is 5.62. The van der Waals surface area contributed by atoms with E-state index in [4.69, 9.17) is 17.3 Å². The van der Waals surface area contributed by atoms with Gasteiger partial charge in [-0.15, -0.1) is 5.10 Å². The van der Waals surface area contributed by atoms with E-state index in [2.05, 4.69) is 15.3 Å². The van der Waals surface area contributed by atoms with Gasteiger partial charge >= 0.3 is 0 Å². The zero-order valence-electron chi connectivity index (χ0n) is 10.9. The number of halogens is 1. The van der Waals surface area contributed by atoms with Crippen LogP contribution in [-0.4, -0.2) is 20.0 Å². The van der Waals surface area contributed by atoms with Crippen molar-refractivity contribution < 1.29 is 0 Å². The molecule has 0 amide bonds.